The van der Waals surface area contributed by atoms with Crippen molar-refractivity contribution < 1.29 is 23.5 Å². The number of likely N-dealkylation sites (tertiary alicyclic amines) is 1. The van der Waals surface area contributed by atoms with Crippen molar-refractivity contribution in [3.63, 3.8) is 0 Å². The largest absolute Gasteiger partial charge is 0.382 e. The van der Waals surface area contributed by atoms with Crippen LogP contribution in [0.1, 0.15) is 46.8 Å². The van der Waals surface area contributed by atoms with Crippen LogP contribution in [-0.2, 0) is 14.3 Å². The molecule has 4 atom stereocenters. The number of benzene rings is 3. The first-order chi connectivity index (χ1) is 21.3. The van der Waals surface area contributed by atoms with Gasteiger partial charge in [0, 0.05) is 56.3 Å². The molecule has 3 aromatic rings. The number of nitrogens with zero attached hydrogens (tertiary/aromatic N) is 2. The molecule has 3 aromatic carbocycles. The molecular formula is C35H41FN4O4. The number of anilines is 3. The number of fused-ring (bicyclic) bond motifs is 1. The van der Waals surface area contributed by atoms with Crippen molar-refractivity contribution in [3.05, 3.63) is 89.2 Å². The van der Waals surface area contributed by atoms with Crippen LogP contribution in [0.4, 0.5) is 21.5 Å². The Morgan fingerprint density at radius 2 is 1.61 bits per heavy atom. The normalized spacial score (nSPS) is 23.6. The maximum absolute atomic E-state index is 15.3. The Balaban J connectivity index is 1.36. The smallest absolute Gasteiger partial charge is 0.257 e. The number of aryl methyl sites for hydroxylation is 1. The number of rotatable bonds is 7. The summed E-state index contributed by atoms with van der Waals surface area (Å²) in [5, 5.41) is 6.70. The van der Waals surface area contributed by atoms with E-state index in [4.69, 9.17) is 9.47 Å². The van der Waals surface area contributed by atoms with Gasteiger partial charge in [-0.15, -0.1) is 0 Å². The van der Waals surface area contributed by atoms with Crippen molar-refractivity contribution in [2.75, 3.05) is 56.1 Å². The molecule has 3 aliphatic heterocycles. The topological polar surface area (TPSA) is 83.1 Å². The van der Waals surface area contributed by atoms with Crippen molar-refractivity contribution in [2.24, 2.45) is 11.8 Å². The number of carbonyl (C=O) groups excluding carboxylic acids is 2. The van der Waals surface area contributed by atoms with Gasteiger partial charge >= 0.3 is 0 Å². The Morgan fingerprint density at radius 1 is 0.909 bits per heavy atom. The van der Waals surface area contributed by atoms with E-state index >= 15 is 4.39 Å². The minimum Gasteiger partial charge on any atom is -0.382 e. The summed E-state index contributed by atoms with van der Waals surface area (Å²) in [4.78, 5) is 32.3. The molecule has 3 fully saturated rings. The molecular weight excluding hydrogens is 559 g/mol. The molecule has 0 aliphatic carbocycles. The first kappa shape index (κ1) is 30.1. The van der Waals surface area contributed by atoms with Crippen LogP contribution >= 0.6 is 0 Å². The standard InChI is InChI=1S/C35H41FN4O4/c1-22-5-4-6-30(36)32(22)35(42)40-31-21-44-20-24(31)19-29(34(41)38-26-11-13-28(14-12-26)39(2)3)33(40)23-7-9-25(10-8-23)37-27-15-17-43-18-16-27/h4-14,24,27,29,31,33,37H,15-21H2,1-3H3,(H,38,41)/t24?,29?,31-,33+/m1/s1. The molecule has 3 aliphatic rings. The van der Waals surface area contributed by atoms with Crippen molar-refractivity contribution in [3.8, 4) is 0 Å². The fourth-order valence-corrected chi connectivity index (χ4v) is 6.86. The van der Waals surface area contributed by atoms with E-state index in [1.165, 1.54) is 6.07 Å². The molecule has 0 bridgehead atoms. The summed E-state index contributed by atoms with van der Waals surface area (Å²) in [6.45, 7) is 4.03. The maximum Gasteiger partial charge on any atom is 0.257 e. The molecule has 2 N–H and O–H groups in total. The SMILES string of the molecule is Cc1cccc(F)c1C(=O)N1[C@@H]2COCC2CC(C(=O)Nc2ccc(N(C)C)cc2)[C@@H]1c1ccc(NC2CCOCC2)cc1. The molecule has 0 saturated carbocycles. The molecule has 2 amide bonds. The van der Waals surface area contributed by atoms with E-state index in [9.17, 15) is 9.59 Å². The molecule has 9 heteroatoms. The summed E-state index contributed by atoms with van der Waals surface area (Å²) in [5.74, 6) is -1.76. The monoisotopic (exact) mass is 600 g/mol. The van der Waals surface area contributed by atoms with Crippen LogP contribution in [0.15, 0.2) is 66.7 Å². The highest BCUT2D eigenvalue weighted by Crippen LogP contribution is 2.46. The third kappa shape index (κ3) is 6.16. The van der Waals surface area contributed by atoms with Gasteiger partial charge in [0.25, 0.3) is 5.91 Å². The zero-order valence-electron chi connectivity index (χ0n) is 25.6. The van der Waals surface area contributed by atoms with Gasteiger partial charge in [0.05, 0.1) is 36.8 Å². The molecule has 3 saturated heterocycles. The second kappa shape index (κ2) is 13.0. The fourth-order valence-electron chi connectivity index (χ4n) is 6.86. The zero-order chi connectivity index (χ0) is 30.8. The Kier molecular flexibility index (Phi) is 8.86. The fraction of sp³-hybridized carbons (Fsp3) is 0.429. The van der Waals surface area contributed by atoms with Gasteiger partial charge in [-0.25, -0.2) is 4.39 Å². The number of nitrogens with one attached hydrogen (secondary N) is 2. The highest BCUT2D eigenvalue weighted by atomic mass is 19.1. The lowest BCUT2D eigenvalue weighted by molar-refractivity contribution is -0.124. The average Bonchev–Trinajstić information content (AvgIpc) is 3.50. The molecule has 0 radical (unpaired) electrons. The minimum absolute atomic E-state index is 0.0383. The third-order valence-corrected chi connectivity index (χ3v) is 9.26. The molecule has 8 nitrogen and oxygen atoms in total. The highest BCUT2D eigenvalue weighted by molar-refractivity contribution is 5.98. The molecule has 3 heterocycles. The van der Waals surface area contributed by atoms with Crippen LogP contribution in [0.5, 0.6) is 0 Å². The average molecular weight is 601 g/mol. The Labute approximate surface area is 258 Å². The van der Waals surface area contributed by atoms with E-state index < -0.39 is 23.7 Å². The van der Waals surface area contributed by atoms with E-state index in [-0.39, 0.29) is 23.4 Å². The Hall–Kier alpha value is -3.95. The van der Waals surface area contributed by atoms with Gasteiger partial charge in [0.2, 0.25) is 5.91 Å². The number of hydrogen-bond acceptors (Lipinski definition) is 6. The summed E-state index contributed by atoms with van der Waals surface area (Å²) in [5.41, 5.74) is 4.12. The lowest BCUT2D eigenvalue weighted by Gasteiger charge is -2.47. The van der Waals surface area contributed by atoms with Gasteiger partial charge in [0.15, 0.2) is 0 Å². The van der Waals surface area contributed by atoms with E-state index in [2.05, 4.69) is 10.6 Å². The van der Waals surface area contributed by atoms with Gasteiger partial charge in [-0.2, -0.15) is 0 Å². The number of hydrogen-bond donors (Lipinski definition) is 2. The van der Waals surface area contributed by atoms with Crippen molar-refractivity contribution >= 4 is 28.9 Å². The summed E-state index contributed by atoms with van der Waals surface area (Å²) >= 11 is 0. The summed E-state index contributed by atoms with van der Waals surface area (Å²) in [6.07, 6.45) is 2.43. The number of halogens is 1. The number of carbonyl (C=O) groups is 2. The molecule has 6 rings (SSSR count). The van der Waals surface area contributed by atoms with E-state index in [0.717, 1.165) is 43.0 Å². The number of piperidine rings is 1. The van der Waals surface area contributed by atoms with E-state index in [1.807, 2.05) is 67.5 Å². The lowest BCUT2D eigenvalue weighted by atomic mass is 9.76. The van der Waals surface area contributed by atoms with Gasteiger partial charge < -0.3 is 29.9 Å². The summed E-state index contributed by atoms with van der Waals surface area (Å²) in [6, 6.07) is 19.8. The van der Waals surface area contributed by atoms with Crippen LogP contribution < -0.4 is 15.5 Å². The van der Waals surface area contributed by atoms with E-state index in [0.29, 0.717) is 36.9 Å². The second-order valence-electron chi connectivity index (χ2n) is 12.4. The zero-order valence-corrected chi connectivity index (χ0v) is 25.6. The minimum atomic E-state index is -0.609. The molecule has 0 aromatic heterocycles. The summed E-state index contributed by atoms with van der Waals surface area (Å²) < 4.78 is 26.6. The van der Waals surface area contributed by atoms with Crippen LogP contribution in [-0.4, -0.2) is 69.3 Å². The van der Waals surface area contributed by atoms with Crippen molar-refractivity contribution in [1.29, 1.82) is 0 Å². The van der Waals surface area contributed by atoms with Crippen LogP contribution in [0, 0.1) is 24.6 Å². The van der Waals surface area contributed by atoms with Crippen molar-refractivity contribution in [2.45, 2.75) is 44.3 Å². The van der Waals surface area contributed by atoms with Crippen LogP contribution in [0.3, 0.4) is 0 Å². The quantitative estimate of drug-likeness (QED) is 0.365. The van der Waals surface area contributed by atoms with Gasteiger partial charge in [-0.1, -0.05) is 24.3 Å². The van der Waals surface area contributed by atoms with Gasteiger partial charge in [0.1, 0.15) is 5.82 Å². The molecule has 0 spiro atoms. The highest BCUT2D eigenvalue weighted by Gasteiger charge is 2.51. The predicted octanol–water partition coefficient (Wildman–Crippen LogP) is 5.65. The molecule has 232 valence electrons. The number of amides is 2. The van der Waals surface area contributed by atoms with Crippen LogP contribution in [0.25, 0.3) is 0 Å². The third-order valence-electron chi connectivity index (χ3n) is 9.26. The molecule has 2 unspecified atom stereocenters. The lowest BCUT2D eigenvalue weighted by Crippen LogP contribution is -2.55. The van der Waals surface area contributed by atoms with E-state index in [1.54, 1.807) is 24.0 Å². The predicted molar refractivity (Wildman–Crippen MR) is 170 cm³/mol. The second-order valence-corrected chi connectivity index (χ2v) is 12.4. The molecule has 44 heavy (non-hydrogen) atoms. The van der Waals surface area contributed by atoms with Gasteiger partial charge in [-0.05, 0) is 79.8 Å². The summed E-state index contributed by atoms with van der Waals surface area (Å²) in [7, 11) is 3.93. The number of ether oxygens (including phenoxy) is 2. The Bertz CT molecular complexity index is 1450. The first-order valence-corrected chi connectivity index (χ1v) is 15.5. The Morgan fingerprint density at radius 3 is 2.30 bits per heavy atom. The maximum atomic E-state index is 15.3. The van der Waals surface area contributed by atoms with Crippen molar-refractivity contribution in [1.82, 2.24) is 4.90 Å². The first-order valence-electron chi connectivity index (χ1n) is 15.5. The van der Waals surface area contributed by atoms with Crippen LogP contribution in [0.2, 0.25) is 0 Å². The van der Waals surface area contributed by atoms with Gasteiger partial charge in [-0.3, -0.25) is 9.59 Å².